The molecule has 1 aliphatic carbocycles. The number of hydrogen-bond acceptors (Lipinski definition) is 6. The van der Waals surface area contributed by atoms with Crippen LogP contribution in [-0.2, 0) is 16.0 Å². The molecule has 1 aromatic rings. The summed E-state index contributed by atoms with van der Waals surface area (Å²) in [5.41, 5.74) is 1.05. The van der Waals surface area contributed by atoms with Crippen molar-refractivity contribution in [1.82, 2.24) is 15.5 Å². The highest BCUT2D eigenvalue weighted by atomic mass is 32.1. The maximum absolute atomic E-state index is 13.2. The largest absolute Gasteiger partial charge is 0.497 e. The zero-order chi connectivity index (χ0) is 21.0. The van der Waals surface area contributed by atoms with Crippen LogP contribution in [0.25, 0.3) is 0 Å². The van der Waals surface area contributed by atoms with Crippen molar-refractivity contribution in [3.8, 4) is 5.75 Å². The quantitative estimate of drug-likeness (QED) is 0.684. The van der Waals surface area contributed by atoms with E-state index >= 15 is 0 Å². The molecule has 2 N–H and O–H groups in total. The first-order valence-corrected chi connectivity index (χ1v) is 10.3. The molecule has 1 spiro atoms. The number of ether oxygens (including phenoxy) is 2. The number of methoxy groups -OCH3 is 1. The van der Waals surface area contributed by atoms with Crippen molar-refractivity contribution in [1.29, 1.82) is 0 Å². The minimum absolute atomic E-state index is 0.0928. The van der Waals surface area contributed by atoms with Crippen LogP contribution in [0.3, 0.4) is 0 Å². The molecule has 156 valence electrons. The van der Waals surface area contributed by atoms with Crippen LogP contribution in [0.5, 0.6) is 5.75 Å². The average molecular weight is 418 g/mol. The normalized spacial score (nSPS) is 28.6. The molecule has 7 nitrogen and oxygen atoms in total. The van der Waals surface area contributed by atoms with Crippen molar-refractivity contribution < 1.29 is 19.1 Å². The van der Waals surface area contributed by atoms with Gasteiger partial charge in [-0.25, -0.2) is 9.69 Å². The zero-order valence-electron chi connectivity index (χ0n) is 17.2. The predicted octanol–water partition coefficient (Wildman–Crippen LogP) is 2.54. The second-order valence-corrected chi connectivity index (χ2v) is 9.48. The van der Waals surface area contributed by atoms with E-state index in [9.17, 15) is 9.59 Å². The number of carbonyl (C=O) groups excluding carboxylic acids is 2. The van der Waals surface area contributed by atoms with Crippen molar-refractivity contribution in [2.75, 3.05) is 20.2 Å². The lowest BCUT2D eigenvalue weighted by molar-refractivity contribution is -0.133. The van der Waals surface area contributed by atoms with Gasteiger partial charge in [-0.2, -0.15) is 0 Å². The summed E-state index contributed by atoms with van der Waals surface area (Å²) >= 11 is 5.43. The number of hydrogen-bond donors (Lipinski definition) is 2. The summed E-state index contributed by atoms with van der Waals surface area (Å²) in [4.78, 5) is 27.8. The van der Waals surface area contributed by atoms with Gasteiger partial charge in [0.2, 0.25) is 5.91 Å². The molecule has 2 fully saturated rings. The van der Waals surface area contributed by atoms with E-state index in [0.717, 1.165) is 36.3 Å². The molecular formula is C21H27N3O4S. The number of fused-ring (bicyclic) bond motifs is 4. The van der Waals surface area contributed by atoms with Gasteiger partial charge in [-0.3, -0.25) is 4.79 Å². The summed E-state index contributed by atoms with van der Waals surface area (Å²) in [6, 6.07) is 5.32. The molecule has 3 atom stereocenters. The van der Waals surface area contributed by atoms with Gasteiger partial charge in [0.25, 0.3) is 0 Å². The van der Waals surface area contributed by atoms with Crippen molar-refractivity contribution >= 4 is 29.3 Å². The van der Waals surface area contributed by atoms with E-state index in [1.165, 1.54) is 4.90 Å². The molecule has 0 aromatic heterocycles. The number of carbonyl (C=O) groups is 2. The first-order valence-electron chi connectivity index (χ1n) is 9.90. The number of rotatable bonds is 1. The molecule has 2 saturated heterocycles. The molecule has 2 heterocycles. The molecule has 29 heavy (non-hydrogen) atoms. The smallest absolute Gasteiger partial charge is 0.417 e. The first kappa shape index (κ1) is 20.1. The highest BCUT2D eigenvalue weighted by Gasteiger charge is 2.58. The van der Waals surface area contributed by atoms with E-state index < -0.39 is 23.7 Å². The number of amides is 2. The van der Waals surface area contributed by atoms with Crippen LogP contribution in [-0.4, -0.2) is 47.8 Å². The topological polar surface area (TPSA) is 79.9 Å². The van der Waals surface area contributed by atoms with E-state index in [-0.39, 0.29) is 16.4 Å². The number of nitrogens with one attached hydrogen (secondary N) is 2. The third-order valence-corrected chi connectivity index (χ3v) is 6.36. The van der Waals surface area contributed by atoms with Gasteiger partial charge in [-0.05, 0) is 75.6 Å². The van der Waals surface area contributed by atoms with Crippen LogP contribution in [0.2, 0.25) is 0 Å². The Morgan fingerprint density at radius 1 is 1.34 bits per heavy atom. The Balaban J connectivity index is 1.86. The Morgan fingerprint density at radius 3 is 2.72 bits per heavy atom. The predicted molar refractivity (Wildman–Crippen MR) is 112 cm³/mol. The number of nitrogens with zero attached hydrogens (tertiary/aromatic N) is 1. The Morgan fingerprint density at radius 2 is 2.10 bits per heavy atom. The fraction of sp³-hybridized carbons (Fsp3) is 0.571. The third-order valence-electron chi connectivity index (χ3n) is 6.06. The maximum atomic E-state index is 13.2. The molecule has 0 bridgehead atoms. The van der Waals surface area contributed by atoms with Gasteiger partial charge in [0.05, 0.1) is 19.1 Å². The Bertz CT molecular complexity index is 873. The van der Waals surface area contributed by atoms with Crippen LogP contribution in [0, 0.1) is 11.3 Å². The monoisotopic (exact) mass is 417 g/mol. The molecule has 0 saturated carbocycles. The Kier molecular flexibility index (Phi) is 4.82. The summed E-state index contributed by atoms with van der Waals surface area (Å²) in [6.07, 6.45) is 1.06. The fourth-order valence-electron chi connectivity index (χ4n) is 4.92. The van der Waals surface area contributed by atoms with Gasteiger partial charge in [-0.1, -0.05) is 6.07 Å². The van der Waals surface area contributed by atoms with Crippen LogP contribution >= 0.6 is 12.2 Å². The summed E-state index contributed by atoms with van der Waals surface area (Å²) in [6.45, 7) is 7.00. The van der Waals surface area contributed by atoms with Gasteiger partial charge >= 0.3 is 6.09 Å². The maximum Gasteiger partial charge on any atom is 0.417 e. The van der Waals surface area contributed by atoms with Crippen LogP contribution in [0.4, 0.5) is 4.79 Å². The molecule has 0 radical (unpaired) electrons. The molecule has 2 aliphatic heterocycles. The van der Waals surface area contributed by atoms with Crippen molar-refractivity contribution in [3.05, 3.63) is 29.3 Å². The molecular weight excluding hydrogens is 390 g/mol. The van der Waals surface area contributed by atoms with Crippen LogP contribution in [0.15, 0.2) is 18.2 Å². The van der Waals surface area contributed by atoms with Gasteiger partial charge in [0.15, 0.2) is 5.11 Å². The summed E-state index contributed by atoms with van der Waals surface area (Å²) in [5, 5.41) is 6.27. The minimum Gasteiger partial charge on any atom is -0.497 e. The fourth-order valence-corrected chi connectivity index (χ4v) is 5.21. The SMILES string of the molecule is COc1ccc2c(c1)CC1(CCNC1)C1C(=O)NC(=S)N(C(=O)OC(C)(C)C)C21. The van der Waals surface area contributed by atoms with E-state index in [1.54, 1.807) is 7.11 Å². The zero-order valence-corrected chi connectivity index (χ0v) is 18.0. The van der Waals surface area contributed by atoms with E-state index in [4.69, 9.17) is 21.7 Å². The Labute approximate surface area is 176 Å². The van der Waals surface area contributed by atoms with Gasteiger partial charge in [0.1, 0.15) is 11.4 Å². The molecule has 1 aromatic carbocycles. The lowest BCUT2D eigenvalue weighted by Gasteiger charge is -2.51. The highest BCUT2D eigenvalue weighted by Crippen LogP contribution is 2.53. The first-order chi connectivity index (χ1) is 13.6. The van der Waals surface area contributed by atoms with E-state index in [0.29, 0.717) is 6.54 Å². The van der Waals surface area contributed by atoms with Gasteiger partial charge in [0, 0.05) is 12.0 Å². The molecule has 3 aliphatic rings. The lowest BCUT2D eigenvalue weighted by atomic mass is 9.60. The summed E-state index contributed by atoms with van der Waals surface area (Å²) in [5.74, 6) is 0.234. The standard InChI is InChI=1S/C21H27N3O4S/c1-20(2,3)28-19(26)24-16-14-6-5-13(27-4)9-12(14)10-21(7-8-22-11-21)15(16)17(25)23-18(24)29/h5-6,9,15-16,22H,7-8,10-11H2,1-4H3,(H,23,25,29). The molecule has 8 heteroatoms. The second-order valence-electron chi connectivity index (χ2n) is 9.10. The van der Waals surface area contributed by atoms with Crippen LogP contribution < -0.4 is 15.4 Å². The third kappa shape index (κ3) is 3.38. The Hall–Kier alpha value is -2.19. The summed E-state index contributed by atoms with van der Waals surface area (Å²) < 4.78 is 11.1. The molecule has 3 unspecified atom stereocenters. The second kappa shape index (κ2) is 6.95. The van der Waals surface area contributed by atoms with Gasteiger partial charge in [-0.15, -0.1) is 0 Å². The summed E-state index contributed by atoms with van der Waals surface area (Å²) in [7, 11) is 1.64. The number of thiocarbonyl (C=S) groups is 1. The van der Waals surface area contributed by atoms with Gasteiger partial charge < -0.3 is 20.1 Å². The van der Waals surface area contributed by atoms with Crippen molar-refractivity contribution in [3.63, 3.8) is 0 Å². The lowest BCUT2D eigenvalue weighted by Crippen LogP contribution is -2.64. The highest BCUT2D eigenvalue weighted by molar-refractivity contribution is 7.80. The molecule has 4 rings (SSSR count). The van der Waals surface area contributed by atoms with E-state index in [2.05, 4.69) is 10.6 Å². The average Bonchev–Trinajstić information content (AvgIpc) is 3.07. The van der Waals surface area contributed by atoms with Crippen molar-refractivity contribution in [2.24, 2.45) is 11.3 Å². The van der Waals surface area contributed by atoms with Crippen LogP contribution in [0.1, 0.15) is 44.4 Å². The minimum atomic E-state index is -0.673. The van der Waals surface area contributed by atoms with E-state index in [1.807, 2.05) is 39.0 Å². The van der Waals surface area contributed by atoms with Crippen molar-refractivity contribution in [2.45, 2.75) is 45.3 Å². The number of benzene rings is 1. The molecule has 2 amide bonds.